The molecule has 5 heteroatoms. The van der Waals surface area contributed by atoms with E-state index in [0.717, 1.165) is 0 Å². The molecule has 0 atom stereocenters. The predicted octanol–water partition coefficient (Wildman–Crippen LogP) is 3.94. The lowest BCUT2D eigenvalue weighted by molar-refractivity contribution is 1.31. The smallest absolute Gasteiger partial charge is 0.209 e. The summed E-state index contributed by atoms with van der Waals surface area (Å²) in [5, 5.41) is 0.0507. The van der Waals surface area contributed by atoms with Crippen LogP contribution < -0.4 is 0 Å². The van der Waals surface area contributed by atoms with E-state index < -0.39 is 0 Å². The fraction of sp³-hybridized carbons (Fsp3) is 0.500. The highest BCUT2D eigenvalue weighted by Gasteiger charge is 2.39. The minimum atomic E-state index is 0.0254. The maximum Gasteiger partial charge on any atom is 0.337 e. The van der Waals surface area contributed by atoms with Gasteiger partial charge in [-0.1, -0.05) is 22.1 Å². The van der Waals surface area contributed by atoms with Gasteiger partial charge in [0.2, 0.25) is 0 Å². The first kappa shape index (κ1) is 11.6. The molecule has 0 aromatic rings. The molecule has 13 heavy (non-hydrogen) atoms. The number of halogens is 2. The summed E-state index contributed by atoms with van der Waals surface area (Å²) in [6, 6.07) is 0. The van der Waals surface area contributed by atoms with Gasteiger partial charge >= 0.3 is 10.8 Å². The fourth-order valence-electron chi connectivity index (χ4n) is 1.48. The van der Waals surface area contributed by atoms with Gasteiger partial charge in [0.1, 0.15) is 0 Å². The van der Waals surface area contributed by atoms with Gasteiger partial charge in [0.25, 0.3) is 0 Å². The van der Waals surface area contributed by atoms with Crippen LogP contribution in [0.1, 0.15) is 27.7 Å². The summed E-state index contributed by atoms with van der Waals surface area (Å²) in [5.41, 5.74) is 5.00. The maximum absolute atomic E-state index is 6.19. The Labute approximate surface area is 94.9 Å². The first-order chi connectivity index (χ1) is 5.95. The fourth-order valence-corrected chi connectivity index (χ4v) is 4.13. The van der Waals surface area contributed by atoms with Crippen molar-refractivity contribution in [1.29, 1.82) is 0 Å². The summed E-state index contributed by atoms with van der Waals surface area (Å²) in [4.78, 5) is 0. The summed E-state index contributed by atoms with van der Waals surface area (Å²) in [6.07, 6.45) is 0. The Hall–Kier alpha value is 0.540. The molecule has 1 heterocycles. The topological polar surface area (TPSA) is 0 Å². The average Bonchev–Trinajstić information content (AvgIpc) is 2.24. The molecule has 1 saturated heterocycles. The molecule has 0 aromatic carbocycles. The molecule has 0 amide bonds. The van der Waals surface area contributed by atoms with Crippen molar-refractivity contribution in [3.05, 3.63) is 22.1 Å². The van der Waals surface area contributed by atoms with Crippen LogP contribution in [0, 0.1) is 0 Å². The Bertz CT molecular complexity index is 250. The van der Waals surface area contributed by atoms with E-state index in [0.29, 0.717) is 0 Å². The number of allylic oxidation sites excluding steroid dienone is 4. The minimum Gasteiger partial charge on any atom is -0.209 e. The normalized spacial score (nSPS) is 17.1. The van der Waals surface area contributed by atoms with Crippen molar-refractivity contribution >= 4 is 45.2 Å². The van der Waals surface area contributed by atoms with Crippen LogP contribution in [0.3, 0.4) is 0 Å². The van der Waals surface area contributed by atoms with Gasteiger partial charge in [-0.15, -0.1) is 0 Å². The summed E-state index contributed by atoms with van der Waals surface area (Å²) in [5.74, 6) is 0. The van der Waals surface area contributed by atoms with Gasteiger partial charge in [-0.25, -0.2) is 11.5 Å². The zero-order chi connectivity index (χ0) is 10.2. The van der Waals surface area contributed by atoms with Crippen molar-refractivity contribution in [2.45, 2.75) is 27.7 Å². The second-order valence-corrected chi connectivity index (χ2v) is 6.20. The molecule has 1 aliphatic heterocycles. The highest BCUT2D eigenvalue weighted by atomic mass is 35.5. The number of hydrogen-bond donors (Lipinski definition) is 0. The molecule has 0 spiro atoms. The maximum atomic E-state index is 6.19. The van der Waals surface area contributed by atoms with E-state index in [-0.39, 0.29) is 10.8 Å². The second-order valence-electron chi connectivity index (χ2n) is 3.60. The van der Waals surface area contributed by atoms with Crippen LogP contribution in [-0.4, -0.2) is 10.8 Å². The first-order valence-electron chi connectivity index (χ1n) is 4.24. The molecule has 1 fully saturated rings. The Morgan fingerprint density at radius 3 is 1.46 bits per heavy atom. The number of hydrogen-bond acceptors (Lipinski definition) is 1. The molecule has 1 aliphatic rings. The average molecular weight is 233 g/mol. The Morgan fingerprint density at radius 2 is 1.23 bits per heavy atom. The van der Waals surface area contributed by atoms with Crippen molar-refractivity contribution < 1.29 is 0 Å². The summed E-state index contributed by atoms with van der Waals surface area (Å²) < 4.78 is 0. The third-order valence-corrected chi connectivity index (χ3v) is 4.06. The lowest BCUT2D eigenvalue weighted by Gasteiger charge is -2.08. The van der Waals surface area contributed by atoms with Gasteiger partial charge in [0.05, 0.1) is 0 Å². The molecule has 0 nitrogen and oxygen atoms in total. The SMILES string of the molecule is CC(C)=C1B(Cl)SB(Cl)C1=C(C)C. The summed E-state index contributed by atoms with van der Waals surface area (Å²) in [6.45, 7) is 8.35. The monoisotopic (exact) mass is 232 g/mol. The lowest BCUT2D eigenvalue weighted by atomic mass is 9.72. The van der Waals surface area contributed by atoms with Crippen molar-refractivity contribution in [2.24, 2.45) is 0 Å². The van der Waals surface area contributed by atoms with E-state index in [9.17, 15) is 0 Å². The van der Waals surface area contributed by atoms with E-state index in [1.807, 2.05) is 0 Å². The molecule has 0 aliphatic carbocycles. The largest absolute Gasteiger partial charge is 0.337 e. The van der Waals surface area contributed by atoms with E-state index in [2.05, 4.69) is 27.7 Å². The van der Waals surface area contributed by atoms with Crippen molar-refractivity contribution in [3.8, 4) is 0 Å². The van der Waals surface area contributed by atoms with Gasteiger partial charge < -0.3 is 0 Å². The van der Waals surface area contributed by atoms with Crippen LogP contribution >= 0.6 is 34.4 Å². The minimum absolute atomic E-state index is 0.0254. The van der Waals surface area contributed by atoms with E-state index >= 15 is 0 Å². The van der Waals surface area contributed by atoms with Gasteiger partial charge in [-0.2, -0.15) is 22.9 Å². The molecule has 0 aromatic heterocycles. The van der Waals surface area contributed by atoms with Crippen LogP contribution in [-0.2, 0) is 0 Å². The summed E-state index contributed by atoms with van der Waals surface area (Å²) in [7, 11) is 0. The summed E-state index contributed by atoms with van der Waals surface area (Å²) >= 11 is 14.0. The molecule has 0 saturated carbocycles. The highest BCUT2D eigenvalue weighted by Crippen LogP contribution is 2.43. The third-order valence-electron chi connectivity index (χ3n) is 2.06. The second kappa shape index (κ2) is 4.37. The van der Waals surface area contributed by atoms with Crippen LogP contribution in [0.15, 0.2) is 22.1 Å². The third kappa shape index (κ3) is 2.31. The molecular weight excluding hydrogens is 221 g/mol. The molecule has 0 N–H and O–H groups in total. The van der Waals surface area contributed by atoms with Crippen molar-refractivity contribution in [2.75, 3.05) is 0 Å². The van der Waals surface area contributed by atoms with Crippen LogP contribution in [0.4, 0.5) is 0 Å². The molecular formula is C8H12B2Cl2S. The molecule has 0 unspecified atom stereocenters. The van der Waals surface area contributed by atoms with E-state index in [4.69, 9.17) is 22.9 Å². The molecule has 0 radical (unpaired) electrons. The highest BCUT2D eigenvalue weighted by molar-refractivity contribution is 8.53. The molecule has 0 bridgehead atoms. The zero-order valence-electron chi connectivity index (χ0n) is 8.32. The lowest BCUT2D eigenvalue weighted by Crippen LogP contribution is -2.02. The first-order valence-corrected chi connectivity index (χ1v) is 6.05. The number of rotatable bonds is 0. The van der Waals surface area contributed by atoms with Gasteiger partial charge in [0.15, 0.2) is 0 Å². The molecule has 1 rings (SSSR count). The Morgan fingerprint density at radius 1 is 0.923 bits per heavy atom. The molecule has 70 valence electrons. The van der Waals surface area contributed by atoms with E-state index in [1.54, 1.807) is 11.5 Å². The Kier molecular flexibility index (Phi) is 3.91. The zero-order valence-corrected chi connectivity index (χ0v) is 10.6. The van der Waals surface area contributed by atoms with Gasteiger partial charge in [-0.3, -0.25) is 0 Å². The van der Waals surface area contributed by atoms with Crippen molar-refractivity contribution in [1.82, 2.24) is 0 Å². The van der Waals surface area contributed by atoms with E-state index in [1.165, 1.54) is 22.1 Å². The quantitative estimate of drug-likeness (QED) is 0.570. The van der Waals surface area contributed by atoms with Crippen LogP contribution in [0.2, 0.25) is 0 Å². The predicted molar refractivity (Wildman–Crippen MR) is 67.6 cm³/mol. The van der Waals surface area contributed by atoms with Gasteiger partial charge in [-0.05, 0) is 27.7 Å². The van der Waals surface area contributed by atoms with Crippen molar-refractivity contribution in [3.63, 3.8) is 0 Å². The van der Waals surface area contributed by atoms with Crippen LogP contribution in [0.5, 0.6) is 0 Å². The Balaban J connectivity index is 3.21. The standard InChI is InChI=1S/C8H12B2Cl2S/c1-5(2)7-8(6(3)4)10(12)13-9(7)11/h1-4H3. The van der Waals surface area contributed by atoms with Crippen LogP contribution in [0.25, 0.3) is 0 Å². The van der Waals surface area contributed by atoms with Gasteiger partial charge in [0, 0.05) is 0 Å².